The van der Waals surface area contributed by atoms with Gasteiger partial charge in [0.1, 0.15) is 5.82 Å². The second kappa shape index (κ2) is 9.79. The van der Waals surface area contributed by atoms with Crippen LogP contribution in [-0.4, -0.2) is 22.5 Å². The molecule has 0 aliphatic heterocycles. The van der Waals surface area contributed by atoms with Gasteiger partial charge in [-0.15, -0.1) is 12.4 Å². The summed E-state index contributed by atoms with van der Waals surface area (Å²) < 4.78 is 4.84. The number of halogens is 1. The van der Waals surface area contributed by atoms with Crippen LogP contribution in [-0.2, 0) is 22.5 Å². The van der Waals surface area contributed by atoms with Crippen LogP contribution in [0.1, 0.15) is 37.6 Å². The van der Waals surface area contributed by atoms with Crippen molar-refractivity contribution in [3.63, 3.8) is 0 Å². The van der Waals surface area contributed by atoms with Crippen LogP contribution in [0, 0.1) is 0 Å². The number of carbonyl (C=O) groups excluding carboxylic acids is 1. The first kappa shape index (κ1) is 16.8. The van der Waals surface area contributed by atoms with Crippen molar-refractivity contribution < 1.29 is 9.53 Å². The molecule has 5 nitrogen and oxygen atoms in total. The quantitative estimate of drug-likeness (QED) is 0.603. The van der Waals surface area contributed by atoms with Crippen molar-refractivity contribution in [2.24, 2.45) is 5.73 Å². The normalized spacial score (nSPS) is 9.67. The highest BCUT2D eigenvalue weighted by molar-refractivity contribution is 5.85. The number of unbranched alkanes of at least 4 members (excludes halogenated alkanes) is 1. The molecule has 0 fully saturated rings. The minimum absolute atomic E-state index is 0. The number of nitrogens with zero attached hydrogens (tertiary/aromatic N) is 2. The topological polar surface area (TPSA) is 78.1 Å². The van der Waals surface area contributed by atoms with Gasteiger partial charge in [0.25, 0.3) is 0 Å². The molecular formula is C12H20ClN3O2. The second-order valence-electron chi connectivity index (χ2n) is 3.72. The molecule has 1 aromatic rings. The zero-order chi connectivity index (χ0) is 12.5. The predicted octanol–water partition coefficient (Wildman–Crippen LogP) is 1.63. The molecule has 0 spiro atoms. The maximum atomic E-state index is 11.1. The van der Waals surface area contributed by atoms with Crippen molar-refractivity contribution in [1.29, 1.82) is 0 Å². The number of carbonyl (C=O) groups is 1. The van der Waals surface area contributed by atoms with Crippen LogP contribution in [0.25, 0.3) is 0 Å². The maximum Gasteiger partial charge on any atom is 0.305 e. The fourth-order valence-corrected chi connectivity index (χ4v) is 1.40. The lowest BCUT2D eigenvalue weighted by atomic mass is 10.2. The summed E-state index contributed by atoms with van der Waals surface area (Å²) in [7, 11) is 0. The van der Waals surface area contributed by atoms with E-state index in [0.717, 1.165) is 30.7 Å². The summed E-state index contributed by atoms with van der Waals surface area (Å²) in [5.41, 5.74) is 6.38. The van der Waals surface area contributed by atoms with E-state index in [0.29, 0.717) is 19.6 Å². The largest absolute Gasteiger partial charge is 0.466 e. The standard InChI is InChI=1S/C12H19N3O2.ClH/c1-2-17-12(16)6-4-3-5-11-14-8-10(7-13)9-15-11;/h8-9H,2-7,13H2,1H3;1H. The average molecular weight is 274 g/mol. The Kier molecular flexibility index (Phi) is 9.14. The lowest BCUT2D eigenvalue weighted by molar-refractivity contribution is -0.143. The Balaban J connectivity index is 0.00000289. The molecule has 0 saturated carbocycles. The first-order valence-corrected chi connectivity index (χ1v) is 5.91. The summed E-state index contributed by atoms with van der Waals surface area (Å²) in [4.78, 5) is 19.5. The number of ether oxygens (including phenoxy) is 1. The van der Waals surface area contributed by atoms with E-state index in [1.54, 1.807) is 12.4 Å². The van der Waals surface area contributed by atoms with Gasteiger partial charge in [-0.3, -0.25) is 4.79 Å². The van der Waals surface area contributed by atoms with E-state index < -0.39 is 0 Å². The van der Waals surface area contributed by atoms with Crippen molar-refractivity contribution in [3.05, 3.63) is 23.8 Å². The van der Waals surface area contributed by atoms with Crippen LogP contribution in [0.3, 0.4) is 0 Å². The first-order chi connectivity index (χ1) is 8.26. The summed E-state index contributed by atoms with van der Waals surface area (Å²) >= 11 is 0. The van der Waals surface area contributed by atoms with E-state index in [4.69, 9.17) is 10.5 Å². The Labute approximate surface area is 114 Å². The molecule has 6 heteroatoms. The Morgan fingerprint density at radius 3 is 2.56 bits per heavy atom. The SMILES string of the molecule is CCOC(=O)CCCCc1ncc(CN)cn1.Cl. The van der Waals surface area contributed by atoms with E-state index in [9.17, 15) is 4.79 Å². The molecule has 0 aliphatic carbocycles. The molecule has 0 aromatic carbocycles. The lowest BCUT2D eigenvalue weighted by Crippen LogP contribution is -2.04. The monoisotopic (exact) mass is 273 g/mol. The minimum Gasteiger partial charge on any atom is -0.466 e. The fraction of sp³-hybridized carbons (Fsp3) is 0.583. The first-order valence-electron chi connectivity index (χ1n) is 5.91. The fourth-order valence-electron chi connectivity index (χ4n) is 1.40. The molecule has 0 unspecified atom stereocenters. The smallest absolute Gasteiger partial charge is 0.305 e. The third-order valence-electron chi connectivity index (χ3n) is 2.33. The molecule has 18 heavy (non-hydrogen) atoms. The van der Waals surface area contributed by atoms with Crippen molar-refractivity contribution in [3.8, 4) is 0 Å². The molecule has 0 bridgehead atoms. The Bertz CT molecular complexity index is 344. The van der Waals surface area contributed by atoms with E-state index in [-0.39, 0.29) is 18.4 Å². The summed E-state index contributed by atoms with van der Waals surface area (Å²) in [5.74, 6) is 0.665. The van der Waals surface area contributed by atoms with Gasteiger partial charge in [0.2, 0.25) is 0 Å². The number of hydrogen-bond donors (Lipinski definition) is 1. The van der Waals surface area contributed by atoms with Crippen LogP contribution in [0.2, 0.25) is 0 Å². The highest BCUT2D eigenvalue weighted by Gasteiger charge is 2.02. The third-order valence-corrected chi connectivity index (χ3v) is 2.33. The highest BCUT2D eigenvalue weighted by atomic mass is 35.5. The maximum absolute atomic E-state index is 11.1. The Morgan fingerprint density at radius 1 is 1.33 bits per heavy atom. The Morgan fingerprint density at radius 2 is 2.00 bits per heavy atom. The third kappa shape index (κ3) is 6.51. The van der Waals surface area contributed by atoms with Gasteiger partial charge < -0.3 is 10.5 Å². The second-order valence-corrected chi connectivity index (χ2v) is 3.72. The lowest BCUT2D eigenvalue weighted by Gasteiger charge is -2.02. The zero-order valence-corrected chi connectivity index (χ0v) is 11.4. The Hall–Kier alpha value is -1.20. The van der Waals surface area contributed by atoms with Gasteiger partial charge in [0.15, 0.2) is 0 Å². The zero-order valence-electron chi connectivity index (χ0n) is 10.6. The molecule has 0 atom stereocenters. The molecular weight excluding hydrogens is 254 g/mol. The highest BCUT2D eigenvalue weighted by Crippen LogP contribution is 2.03. The van der Waals surface area contributed by atoms with Crippen LogP contribution in [0.5, 0.6) is 0 Å². The van der Waals surface area contributed by atoms with Gasteiger partial charge in [-0.05, 0) is 19.8 Å². The van der Waals surface area contributed by atoms with Gasteiger partial charge in [0.05, 0.1) is 6.61 Å². The molecule has 102 valence electrons. The van der Waals surface area contributed by atoms with Gasteiger partial charge >= 0.3 is 5.97 Å². The van der Waals surface area contributed by atoms with Crippen molar-refractivity contribution in [2.45, 2.75) is 39.2 Å². The predicted molar refractivity (Wildman–Crippen MR) is 71.4 cm³/mol. The van der Waals surface area contributed by atoms with Crippen molar-refractivity contribution >= 4 is 18.4 Å². The van der Waals surface area contributed by atoms with Crippen molar-refractivity contribution in [1.82, 2.24) is 9.97 Å². The number of aromatic nitrogens is 2. The number of nitrogens with two attached hydrogens (primary N) is 1. The molecule has 1 aromatic heterocycles. The van der Waals surface area contributed by atoms with Crippen LogP contribution >= 0.6 is 12.4 Å². The summed E-state index contributed by atoms with van der Waals surface area (Å²) in [6, 6.07) is 0. The van der Waals surface area contributed by atoms with Crippen molar-refractivity contribution in [2.75, 3.05) is 6.61 Å². The van der Waals surface area contributed by atoms with Gasteiger partial charge in [-0.25, -0.2) is 9.97 Å². The summed E-state index contributed by atoms with van der Waals surface area (Å²) in [6.07, 6.45) is 6.43. The molecule has 1 rings (SSSR count). The number of esters is 1. The average Bonchev–Trinajstić information content (AvgIpc) is 2.36. The molecule has 0 radical (unpaired) electrons. The molecule has 0 saturated heterocycles. The summed E-state index contributed by atoms with van der Waals surface area (Å²) in [6.45, 7) is 2.72. The molecule has 0 aliphatic rings. The van der Waals surface area contributed by atoms with Gasteiger partial charge in [0, 0.05) is 37.3 Å². The van der Waals surface area contributed by atoms with Gasteiger partial charge in [-0.1, -0.05) is 0 Å². The number of aryl methyl sites for hydroxylation is 1. The number of rotatable bonds is 7. The summed E-state index contributed by atoms with van der Waals surface area (Å²) in [5, 5.41) is 0. The van der Waals surface area contributed by atoms with E-state index in [1.807, 2.05) is 6.92 Å². The molecule has 2 N–H and O–H groups in total. The van der Waals surface area contributed by atoms with E-state index >= 15 is 0 Å². The van der Waals surface area contributed by atoms with Crippen LogP contribution in [0.15, 0.2) is 12.4 Å². The van der Waals surface area contributed by atoms with E-state index in [2.05, 4.69) is 9.97 Å². The number of hydrogen-bond acceptors (Lipinski definition) is 5. The van der Waals surface area contributed by atoms with E-state index in [1.165, 1.54) is 0 Å². The van der Waals surface area contributed by atoms with Crippen LogP contribution < -0.4 is 5.73 Å². The molecule has 1 heterocycles. The van der Waals surface area contributed by atoms with Gasteiger partial charge in [-0.2, -0.15) is 0 Å². The molecule has 0 amide bonds. The van der Waals surface area contributed by atoms with Crippen LogP contribution in [0.4, 0.5) is 0 Å². The minimum atomic E-state index is -0.133.